The highest BCUT2D eigenvalue weighted by atomic mass is 32.2. The molecule has 5 aromatic rings. The largest absolute Gasteiger partial charge is 0.368 e. The average Bonchev–Trinajstić information content (AvgIpc) is 4.11. The molecule has 0 aliphatic carbocycles. The molecule has 21 heteroatoms. The average molecular weight is 960 g/mol. The number of H-pyrrole nitrogens is 2. The molecule has 0 radical (unpaired) electrons. The Bertz CT molecular complexity index is 2500. The maximum atomic E-state index is 14.3. The number of unbranched alkanes of at least 4 members (excludes halogenated alkanes) is 2. The number of carbonyl (C=O) groups is 6. The molecular formula is C46H61N11O8S2. The number of aromatic amines is 2. The van der Waals surface area contributed by atoms with E-state index in [1.807, 2.05) is 36.6 Å². The van der Waals surface area contributed by atoms with Gasteiger partial charge in [-0.2, -0.15) is 0 Å². The highest BCUT2D eigenvalue weighted by molar-refractivity contribution is 7.88. The van der Waals surface area contributed by atoms with Crippen molar-refractivity contribution in [2.24, 2.45) is 11.5 Å². The molecule has 0 aliphatic heterocycles. The standard InChI is InChI=1S/C46H61N11O8S2/c1-3-4-17-37(57-67(64,65)27-30-13-6-5-7-14-30)44(61)52-29(2)42(59)55-39(23-32-26-49-28-51-32)45(62)56-40(24-33-15-12-21-66-33)46(63)53-36(19-10-11-20-47)43(60)54-38(41(48)58)22-31-25-50-35-18-9-8-16-34(31)35/h5-9,12-16,18,21,25-26,28-29,36-40,50,57H,3-4,10-11,17,19-20,22-24,27,47H2,1-2H3,(H2,48,58)(H,49,51)(H,52,61)(H,53,63)(H,54,60)(H,55,59)(H,56,62)/t29-,36-,37-,38-,39-,40+/m0/s1. The number of benzene rings is 2. The van der Waals surface area contributed by atoms with Crippen molar-refractivity contribution in [1.82, 2.24) is 46.3 Å². The number of fused-ring (bicyclic) bond motifs is 1. The summed E-state index contributed by atoms with van der Waals surface area (Å²) in [5, 5.41) is 16.2. The molecular weight excluding hydrogens is 899 g/mol. The monoisotopic (exact) mass is 959 g/mol. The molecule has 6 amide bonds. The van der Waals surface area contributed by atoms with Crippen LogP contribution in [0.5, 0.6) is 0 Å². The molecule has 2 aromatic carbocycles. The number of thiophene rings is 1. The molecule has 0 saturated carbocycles. The fourth-order valence-corrected chi connectivity index (χ4v) is 9.49. The molecule has 0 saturated heterocycles. The summed E-state index contributed by atoms with van der Waals surface area (Å²) in [6, 6.07) is 12.3. The molecule has 6 atom stereocenters. The van der Waals surface area contributed by atoms with Crippen LogP contribution >= 0.6 is 11.3 Å². The zero-order valence-electron chi connectivity index (χ0n) is 37.6. The fourth-order valence-electron chi connectivity index (χ4n) is 7.37. The van der Waals surface area contributed by atoms with Gasteiger partial charge in [-0.25, -0.2) is 18.1 Å². The molecule has 5 rings (SSSR count). The topological polar surface area (TPSA) is 305 Å². The predicted molar refractivity (Wildman–Crippen MR) is 255 cm³/mol. The molecule has 0 aliphatic rings. The number of hydrogen-bond donors (Lipinski definition) is 10. The van der Waals surface area contributed by atoms with Gasteiger partial charge in [0.25, 0.3) is 0 Å². The normalized spacial score (nSPS) is 14.2. The van der Waals surface area contributed by atoms with Gasteiger partial charge in [0, 0.05) is 53.1 Å². The van der Waals surface area contributed by atoms with Crippen LogP contribution in [0.4, 0.5) is 0 Å². The minimum atomic E-state index is -3.96. The van der Waals surface area contributed by atoms with E-state index in [9.17, 15) is 37.2 Å². The molecule has 360 valence electrons. The zero-order chi connectivity index (χ0) is 48.3. The van der Waals surface area contributed by atoms with E-state index in [0.717, 1.165) is 21.3 Å². The summed E-state index contributed by atoms with van der Waals surface area (Å²) in [4.78, 5) is 93.3. The van der Waals surface area contributed by atoms with E-state index < -0.39 is 81.7 Å². The number of para-hydroxylation sites is 1. The lowest BCUT2D eigenvalue weighted by Gasteiger charge is -2.27. The van der Waals surface area contributed by atoms with Crippen molar-refractivity contribution in [3.8, 4) is 0 Å². The van der Waals surface area contributed by atoms with Crippen LogP contribution in [0.25, 0.3) is 10.9 Å². The number of rotatable bonds is 28. The van der Waals surface area contributed by atoms with Gasteiger partial charge >= 0.3 is 0 Å². The lowest BCUT2D eigenvalue weighted by Crippen LogP contribution is -2.60. The van der Waals surface area contributed by atoms with E-state index in [1.54, 1.807) is 48.7 Å². The van der Waals surface area contributed by atoms with Crippen molar-refractivity contribution >= 4 is 67.7 Å². The molecule has 0 unspecified atom stereocenters. The summed E-state index contributed by atoms with van der Waals surface area (Å²) in [5.74, 6) is -4.72. The van der Waals surface area contributed by atoms with Gasteiger partial charge in [0.1, 0.15) is 36.3 Å². The minimum Gasteiger partial charge on any atom is -0.368 e. The van der Waals surface area contributed by atoms with E-state index in [4.69, 9.17) is 11.5 Å². The first kappa shape index (κ1) is 51.6. The Labute approximate surface area is 393 Å². The smallest absolute Gasteiger partial charge is 0.243 e. The number of imidazole rings is 1. The van der Waals surface area contributed by atoms with E-state index in [1.165, 1.54) is 30.8 Å². The van der Waals surface area contributed by atoms with Crippen molar-refractivity contribution in [3.05, 3.63) is 113 Å². The fraction of sp³-hybridized carbons (Fsp3) is 0.413. The third-order valence-corrected chi connectivity index (χ3v) is 13.3. The van der Waals surface area contributed by atoms with Crippen molar-refractivity contribution in [3.63, 3.8) is 0 Å². The number of nitrogens with two attached hydrogens (primary N) is 2. The van der Waals surface area contributed by atoms with Gasteiger partial charge in [-0.05, 0) is 67.8 Å². The Hall–Kier alpha value is -6.42. The van der Waals surface area contributed by atoms with Gasteiger partial charge in [-0.1, -0.05) is 74.4 Å². The van der Waals surface area contributed by atoms with E-state index in [0.29, 0.717) is 43.5 Å². The number of hydrogen-bond acceptors (Lipinski definition) is 11. The van der Waals surface area contributed by atoms with Gasteiger partial charge in [0.05, 0.1) is 12.1 Å². The van der Waals surface area contributed by atoms with Crippen LogP contribution in [-0.2, 0) is 63.8 Å². The molecule has 12 N–H and O–H groups in total. The number of aromatic nitrogens is 3. The molecule has 19 nitrogen and oxygen atoms in total. The third-order valence-electron chi connectivity index (χ3n) is 11.0. The third kappa shape index (κ3) is 16.2. The van der Waals surface area contributed by atoms with Crippen molar-refractivity contribution in [2.45, 2.75) is 114 Å². The Morgan fingerprint density at radius 3 is 2.01 bits per heavy atom. The molecule has 3 aromatic heterocycles. The molecule has 0 spiro atoms. The minimum absolute atomic E-state index is 0.0212. The van der Waals surface area contributed by atoms with Crippen LogP contribution in [0, 0.1) is 0 Å². The van der Waals surface area contributed by atoms with Crippen molar-refractivity contribution in [1.29, 1.82) is 0 Å². The Morgan fingerprint density at radius 1 is 0.701 bits per heavy atom. The highest BCUT2D eigenvalue weighted by Gasteiger charge is 2.33. The summed E-state index contributed by atoms with van der Waals surface area (Å²) in [6.07, 6.45) is 7.15. The van der Waals surface area contributed by atoms with Gasteiger partial charge in [-0.3, -0.25) is 28.8 Å². The molecule has 0 bridgehead atoms. The van der Waals surface area contributed by atoms with E-state index >= 15 is 0 Å². The maximum Gasteiger partial charge on any atom is 0.243 e. The van der Waals surface area contributed by atoms with Crippen molar-refractivity contribution in [2.75, 3.05) is 6.54 Å². The van der Waals surface area contributed by atoms with Gasteiger partial charge in [0.15, 0.2) is 0 Å². The molecule has 3 heterocycles. The Morgan fingerprint density at radius 2 is 1.34 bits per heavy atom. The van der Waals surface area contributed by atoms with Gasteiger partial charge in [-0.15, -0.1) is 11.3 Å². The number of nitrogens with zero attached hydrogens (tertiary/aromatic N) is 1. The number of sulfonamides is 1. The maximum absolute atomic E-state index is 14.3. The van der Waals surface area contributed by atoms with E-state index in [-0.39, 0.29) is 37.9 Å². The summed E-state index contributed by atoms with van der Waals surface area (Å²) < 4.78 is 28.7. The second-order valence-electron chi connectivity index (χ2n) is 16.3. The van der Waals surface area contributed by atoms with Gasteiger partial charge in [0.2, 0.25) is 45.5 Å². The number of amides is 6. The summed E-state index contributed by atoms with van der Waals surface area (Å²) in [5.41, 5.74) is 14.2. The number of nitrogens with one attached hydrogen (secondary N) is 8. The Balaban J connectivity index is 1.30. The Kier molecular flexibility index (Phi) is 19.6. The van der Waals surface area contributed by atoms with Gasteiger partial charge < -0.3 is 48.0 Å². The van der Waals surface area contributed by atoms with Crippen LogP contribution < -0.4 is 42.8 Å². The first-order valence-electron chi connectivity index (χ1n) is 22.3. The van der Waals surface area contributed by atoms with Crippen molar-refractivity contribution < 1.29 is 37.2 Å². The summed E-state index contributed by atoms with van der Waals surface area (Å²) in [6.45, 7) is 3.64. The van der Waals surface area contributed by atoms with Crippen LogP contribution in [0.15, 0.2) is 90.8 Å². The second kappa shape index (κ2) is 25.5. The first-order chi connectivity index (χ1) is 32.2. The number of primary amides is 1. The van der Waals surface area contributed by atoms with Crippen LogP contribution in [0.1, 0.15) is 74.1 Å². The molecule has 0 fully saturated rings. The highest BCUT2D eigenvalue weighted by Crippen LogP contribution is 2.20. The summed E-state index contributed by atoms with van der Waals surface area (Å²) >= 11 is 1.35. The first-order valence-corrected chi connectivity index (χ1v) is 24.8. The van der Waals surface area contributed by atoms with Crippen LogP contribution in [0.2, 0.25) is 0 Å². The summed E-state index contributed by atoms with van der Waals surface area (Å²) in [7, 11) is -3.96. The van der Waals surface area contributed by atoms with Crippen LogP contribution in [-0.4, -0.2) is 102 Å². The molecule has 67 heavy (non-hydrogen) atoms. The lowest BCUT2D eigenvalue weighted by atomic mass is 10.0. The second-order valence-corrected chi connectivity index (χ2v) is 19.1. The van der Waals surface area contributed by atoms with Crippen LogP contribution in [0.3, 0.4) is 0 Å². The SMILES string of the molecule is CCCC[C@H](NS(=O)(=O)Cc1ccccc1)C(=O)N[C@@H](C)C(=O)N[C@@H](Cc1cnc[nH]1)C(=O)N[C@H](Cc1cccs1)C(=O)N[C@@H](CCCCN)C(=O)N[C@@H](Cc1c[nH]c2ccccc12)C(N)=O. The lowest BCUT2D eigenvalue weighted by molar-refractivity contribution is -0.135. The number of carbonyl (C=O) groups excluding carboxylic acids is 6. The predicted octanol–water partition coefficient (Wildman–Crippen LogP) is 1.72. The quantitative estimate of drug-likeness (QED) is 0.0324. The van der Waals surface area contributed by atoms with E-state index in [2.05, 4.69) is 46.3 Å². The zero-order valence-corrected chi connectivity index (χ0v) is 39.2.